The van der Waals surface area contributed by atoms with Crippen LogP contribution in [0.15, 0.2) is 6.20 Å². The molecule has 0 aliphatic rings. The first-order chi connectivity index (χ1) is 6.50. The van der Waals surface area contributed by atoms with Crippen LogP contribution in [0.2, 0.25) is 0 Å². The minimum atomic E-state index is -0.906. The van der Waals surface area contributed by atoms with Gasteiger partial charge in [-0.05, 0) is 5.92 Å². The third kappa shape index (κ3) is 2.63. The summed E-state index contributed by atoms with van der Waals surface area (Å²) in [6, 6.07) is 0. The molecule has 1 heterocycles. The fourth-order valence-corrected chi connectivity index (χ4v) is 1.13. The van der Waals surface area contributed by atoms with Crippen molar-refractivity contribution in [3.05, 3.63) is 11.9 Å². The van der Waals surface area contributed by atoms with Crippen molar-refractivity contribution in [2.24, 2.45) is 13.0 Å². The molecule has 0 aliphatic carbocycles. The van der Waals surface area contributed by atoms with E-state index < -0.39 is 6.10 Å². The number of carbonyl (C=O) groups is 1. The van der Waals surface area contributed by atoms with Crippen LogP contribution >= 0.6 is 0 Å². The standard InChI is InChI=1S/C9H15N3O2/c1-6(2)9(14)8(13)4-7-5-12(3)11-10-7/h5-6,9,14H,4H2,1-3H3. The zero-order valence-electron chi connectivity index (χ0n) is 8.64. The number of hydrogen-bond donors (Lipinski definition) is 1. The predicted molar refractivity (Wildman–Crippen MR) is 50.6 cm³/mol. The summed E-state index contributed by atoms with van der Waals surface area (Å²) in [6.45, 7) is 3.61. The lowest BCUT2D eigenvalue weighted by molar-refractivity contribution is -0.128. The molecule has 0 amide bonds. The first kappa shape index (κ1) is 10.8. The van der Waals surface area contributed by atoms with Gasteiger partial charge in [0.05, 0.1) is 12.1 Å². The maximum absolute atomic E-state index is 11.4. The molecule has 5 heteroatoms. The van der Waals surface area contributed by atoms with Gasteiger partial charge in [-0.1, -0.05) is 19.1 Å². The Kier molecular flexibility index (Phi) is 3.35. The molecule has 1 atom stereocenters. The summed E-state index contributed by atoms with van der Waals surface area (Å²) in [5, 5.41) is 16.9. The van der Waals surface area contributed by atoms with Gasteiger partial charge in [-0.2, -0.15) is 0 Å². The van der Waals surface area contributed by atoms with Gasteiger partial charge in [-0.25, -0.2) is 0 Å². The topological polar surface area (TPSA) is 68.0 Å². The van der Waals surface area contributed by atoms with Gasteiger partial charge in [0.1, 0.15) is 6.10 Å². The first-order valence-electron chi connectivity index (χ1n) is 4.56. The number of aliphatic hydroxyl groups is 1. The van der Waals surface area contributed by atoms with Crippen LogP contribution < -0.4 is 0 Å². The predicted octanol–water partition coefficient (Wildman–Crippen LogP) is -0.0564. The van der Waals surface area contributed by atoms with Crippen molar-refractivity contribution >= 4 is 5.78 Å². The van der Waals surface area contributed by atoms with Crippen molar-refractivity contribution in [1.82, 2.24) is 15.0 Å². The van der Waals surface area contributed by atoms with E-state index in [0.717, 1.165) is 0 Å². The Balaban J connectivity index is 2.57. The van der Waals surface area contributed by atoms with Crippen LogP contribution in [0.3, 0.4) is 0 Å². The van der Waals surface area contributed by atoms with Gasteiger partial charge in [0.2, 0.25) is 0 Å². The highest BCUT2D eigenvalue weighted by Gasteiger charge is 2.19. The summed E-state index contributed by atoms with van der Waals surface area (Å²) < 4.78 is 1.53. The maximum atomic E-state index is 11.4. The number of aryl methyl sites for hydroxylation is 1. The number of hydrogen-bond acceptors (Lipinski definition) is 4. The maximum Gasteiger partial charge on any atom is 0.167 e. The van der Waals surface area contributed by atoms with Crippen molar-refractivity contribution in [3.63, 3.8) is 0 Å². The van der Waals surface area contributed by atoms with Crippen molar-refractivity contribution < 1.29 is 9.90 Å². The number of rotatable bonds is 4. The van der Waals surface area contributed by atoms with E-state index in [1.54, 1.807) is 27.1 Å². The number of aromatic nitrogens is 3. The van der Waals surface area contributed by atoms with E-state index in [2.05, 4.69) is 10.3 Å². The fraction of sp³-hybridized carbons (Fsp3) is 0.667. The zero-order chi connectivity index (χ0) is 10.7. The lowest BCUT2D eigenvalue weighted by Gasteiger charge is -2.11. The Bertz CT molecular complexity index is 320. The van der Waals surface area contributed by atoms with Crippen LogP contribution in [-0.2, 0) is 18.3 Å². The summed E-state index contributed by atoms with van der Waals surface area (Å²) in [7, 11) is 1.74. The smallest absolute Gasteiger partial charge is 0.167 e. The van der Waals surface area contributed by atoms with E-state index >= 15 is 0 Å². The van der Waals surface area contributed by atoms with Crippen molar-refractivity contribution in [2.75, 3.05) is 0 Å². The second kappa shape index (κ2) is 4.32. The van der Waals surface area contributed by atoms with Gasteiger partial charge in [0.15, 0.2) is 5.78 Å². The number of aliphatic hydroxyl groups excluding tert-OH is 1. The summed E-state index contributed by atoms with van der Waals surface area (Å²) in [5.41, 5.74) is 0.595. The Morgan fingerprint density at radius 2 is 2.29 bits per heavy atom. The molecule has 0 saturated heterocycles. The normalized spacial score (nSPS) is 13.2. The van der Waals surface area contributed by atoms with Crippen molar-refractivity contribution in [1.29, 1.82) is 0 Å². The van der Waals surface area contributed by atoms with E-state index in [0.29, 0.717) is 5.69 Å². The Morgan fingerprint density at radius 3 is 2.71 bits per heavy atom. The average molecular weight is 197 g/mol. The van der Waals surface area contributed by atoms with E-state index in [4.69, 9.17) is 0 Å². The van der Waals surface area contributed by atoms with Gasteiger partial charge < -0.3 is 5.11 Å². The van der Waals surface area contributed by atoms with Gasteiger partial charge >= 0.3 is 0 Å². The molecular formula is C9H15N3O2. The van der Waals surface area contributed by atoms with Gasteiger partial charge in [0, 0.05) is 13.2 Å². The molecule has 0 radical (unpaired) electrons. The molecule has 1 aromatic heterocycles. The molecule has 0 fully saturated rings. The fourth-order valence-electron chi connectivity index (χ4n) is 1.13. The quantitative estimate of drug-likeness (QED) is 0.734. The van der Waals surface area contributed by atoms with E-state index in [9.17, 15) is 9.90 Å². The Labute approximate surface area is 82.7 Å². The first-order valence-corrected chi connectivity index (χ1v) is 4.56. The number of carbonyl (C=O) groups excluding carboxylic acids is 1. The second-order valence-corrected chi connectivity index (χ2v) is 3.72. The van der Waals surface area contributed by atoms with Crippen LogP contribution in [0, 0.1) is 5.92 Å². The van der Waals surface area contributed by atoms with Gasteiger partial charge in [-0.3, -0.25) is 9.48 Å². The Hall–Kier alpha value is -1.23. The second-order valence-electron chi connectivity index (χ2n) is 3.72. The highest BCUT2D eigenvalue weighted by molar-refractivity contribution is 5.84. The van der Waals surface area contributed by atoms with Gasteiger partial charge in [-0.15, -0.1) is 5.10 Å². The molecule has 5 nitrogen and oxygen atoms in total. The van der Waals surface area contributed by atoms with E-state index in [1.165, 1.54) is 4.68 Å². The summed E-state index contributed by atoms with van der Waals surface area (Å²) in [6.07, 6.45) is 0.912. The van der Waals surface area contributed by atoms with Crippen molar-refractivity contribution in [3.8, 4) is 0 Å². The average Bonchev–Trinajstić information content (AvgIpc) is 2.49. The zero-order valence-corrected chi connectivity index (χ0v) is 8.64. The molecule has 0 aromatic carbocycles. The lowest BCUT2D eigenvalue weighted by Crippen LogP contribution is -2.27. The lowest BCUT2D eigenvalue weighted by atomic mass is 10.0. The minimum Gasteiger partial charge on any atom is -0.385 e. The Morgan fingerprint density at radius 1 is 1.64 bits per heavy atom. The SMILES string of the molecule is CC(C)C(O)C(=O)Cc1cn(C)nn1. The summed E-state index contributed by atoms with van der Waals surface area (Å²) in [4.78, 5) is 11.4. The molecule has 0 bridgehead atoms. The third-order valence-electron chi connectivity index (χ3n) is 1.97. The van der Waals surface area contributed by atoms with Crippen molar-refractivity contribution in [2.45, 2.75) is 26.4 Å². The summed E-state index contributed by atoms with van der Waals surface area (Å²) >= 11 is 0. The highest BCUT2D eigenvalue weighted by atomic mass is 16.3. The summed E-state index contributed by atoms with van der Waals surface area (Å²) in [5.74, 6) is -0.264. The monoisotopic (exact) mass is 197 g/mol. The molecule has 0 aliphatic heterocycles. The molecule has 1 rings (SSSR count). The molecule has 1 unspecified atom stereocenters. The van der Waals surface area contributed by atoms with Crippen LogP contribution in [0.1, 0.15) is 19.5 Å². The molecule has 14 heavy (non-hydrogen) atoms. The van der Waals surface area contributed by atoms with Gasteiger partial charge in [0.25, 0.3) is 0 Å². The molecule has 0 spiro atoms. The third-order valence-corrected chi connectivity index (χ3v) is 1.97. The molecule has 1 aromatic rings. The molecule has 1 N–H and O–H groups in total. The van der Waals surface area contributed by atoms with E-state index in [1.807, 2.05) is 0 Å². The minimum absolute atomic E-state index is 0.0563. The van der Waals surface area contributed by atoms with Crippen LogP contribution in [-0.4, -0.2) is 32.0 Å². The number of nitrogens with zero attached hydrogens (tertiary/aromatic N) is 3. The number of Topliss-reactive ketones (excluding diaryl/α,β-unsaturated/α-hetero) is 1. The molecule has 78 valence electrons. The largest absolute Gasteiger partial charge is 0.385 e. The molecule has 0 saturated carbocycles. The molecular weight excluding hydrogens is 182 g/mol. The number of ketones is 1. The van der Waals surface area contributed by atoms with Crippen LogP contribution in [0.25, 0.3) is 0 Å². The van der Waals surface area contributed by atoms with E-state index in [-0.39, 0.29) is 18.1 Å². The van der Waals surface area contributed by atoms with Crippen LogP contribution in [0.5, 0.6) is 0 Å². The van der Waals surface area contributed by atoms with Crippen LogP contribution in [0.4, 0.5) is 0 Å². The highest BCUT2D eigenvalue weighted by Crippen LogP contribution is 2.05.